The number of hydrogen-bond acceptors (Lipinski definition) is 1. The zero-order chi connectivity index (χ0) is 19.8. The first-order valence-electron chi connectivity index (χ1n) is 11.4. The summed E-state index contributed by atoms with van der Waals surface area (Å²) in [6, 6.07) is 17.7. The summed E-state index contributed by atoms with van der Waals surface area (Å²) in [5.41, 5.74) is 5.14. The number of carbonyl (C=O) groups excluding carboxylic acids is 1. The lowest BCUT2D eigenvalue weighted by molar-refractivity contribution is -0.123. The molecule has 3 rings (SSSR count). The fourth-order valence-electron chi connectivity index (χ4n) is 4.53. The maximum Gasteiger partial charge on any atom is 0.140 e. The molecule has 1 heteroatoms. The van der Waals surface area contributed by atoms with E-state index < -0.39 is 0 Å². The van der Waals surface area contributed by atoms with Crippen LogP contribution in [0.2, 0.25) is 0 Å². The monoisotopic (exact) mass is 376 g/mol. The third-order valence-corrected chi connectivity index (χ3v) is 6.38. The number of ketones is 1. The van der Waals surface area contributed by atoms with Crippen molar-refractivity contribution in [2.75, 3.05) is 0 Å². The Hall–Kier alpha value is -1.89. The normalized spacial score (nSPS) is 19.7. The fraction of sp³-hybridized carbons (Fsp3) is 0.519. The minimum absolute atomic E-state index is 0.118. The van der Waals surface area contributed by atoms with E-state index in [1.165, 1.54) is 73.6 Å². The Bertz CT molecular complexity index is 726. The maximum atomic E-state index is 12.7. The van der Waals surface area contributed by atoms with E-state index >= 15 is 0 Å². The van der Waals surface area contributed by atoms with E-state index in [1.54, 1.807) is 0 Å². The molecule has 0 amide bonds. The SMILES string of the molecule is CCCCCc1ccc(-c2ccc([C@@H]3CC[C@@H](CCCC)CC3=O)cc2)cc1. The molecule has 0 aromatic heterocycles. The van der Waals surface area contributed by atoms with Gasteiger partial charge >= 0.3 is 0 Å². The number of benzene rings is 2. The summed E-state index contributed by atoms with van der Waals surface area (Å²) in [5.74, 6) is 1.20. The minimum Gasteiger partial charge on any atom is -0.299 e. The van der Waals surface area contributed by atoms with Gasteiger partial charge < -0.3 is 0 Å². The molecule has 1 fully saturated rings. The number of aryl methyl sites for hydroxylation is 1. The Balaban J connectivity index is 1.60. The van der Waals surface area contributed by atoms with E-state index in [2.05, 4.69) is 62.4 Å². The third-order valence-electron chi connectivity index (χ3n) is 6.38. The number of hydrogen-bond donors (Lipinski definition) is 0. The molecule has 1 aliphatic rings. The molecule has 0 aliphatic heterocycles. The summed E-state index contributed by atoms with van der Waals surface area (Å²) in [4.78, 5) is 12.7. The van der Waals surface area contributed by atoms with E-state index in [-0.39, 0.29) is 5.92 Å². The summed E-state index contributed by atoms with van der Waals surface area (Å²) in [6.07, 6.45) is 11.8. The molecule has 0 saturated heterocycles. The lowest BCUT2D eigenvalue weighted by Gasteiger charge is -2.27. The quantitative estimate of drug-likeness (QED) is 0.409. The van der Waals surface area contributed by atoms with Gasteiger partial charge in [-0.2, -0.15) is 0 Å². The minimum atomic E-state index is 0.118. The highest BCUT2D eigenvalue weighted by Gasteiger charge is 2.29. The summed E-state index contributed by atoms with van der Waals surface area (Å²) >= 11 is 0. The van der Waals surface area contributed by atoms with Crippen molar-refractivity contribution in [3.8, 4) is 11.1 Å². The van der Waals surface area contributed by atoms with Gasteiger partial charge in [0.15, 0.2) is 0 Å². The number of unbranched alkanes of at least 4 members (excludes halogenated alkanes) is 3. The molecule has 28 heavy (non-hydrogen) atoms. The van der Waals surface area contributed by atoms with Gasteiger partial charge in [0, 0.05) is 12.3 Å². The second-order valence-electron chi connectivity index (χ2n) is 8.58. The summed E-state index contributed by atoms with van der Waals surface area (Å²) < 4.78 is 0. The predicted molar refractivity (Wildman–Crippen MR) is 120 cm³/mol. The molecule has 0 radical (unpaired) electrons. The van der Waals surface area contributed by atoms with Crippen LogP contribution in [-0.2, 0) is 11.2 Å². The second-order valence-corrected chi connectivity index (χ2v) is 8.58. The molecule has 2 aromatic rings. The smallest absolute Gasteiger partial charge is 0.140 e. The molecule has 0 bridgehead atoms. The topological polar surface area (TPSA) is 17.1 Å². The van der Waals surface area contributed by atoms with E-state index in [0.29, 0.717) is 11.7 Å². The Morgan fingerprint density at radius 1 is 0.786 bits per heavy atom. The van der Waals surface area contributed by atoms with Crippen LogP contribution in [0.5, 0.6) is 0 Å². The third kappa shape index (κ3) is 5.56. The zero-order valence-electron chi connectivity index (χ0n) is 17.8. The lowest BCUT2D eigenvalue weighted by atomic mass is 9.76. The van der Waals surface area contributed by atoms with Crippen molar-refractivity contribution in [3.05, 3.63) is 59.7 Å². The van der Waals surface area contributed by atoms with Crippen LogP contribution in [0, 0.1) is 5.92 Å². The summed E-state index contributed by atoms with van der Waals surface area (Å²) in [6.45, 7) is 4.48. The molecule has 2 atom stereocenters. The van der Waals surface area contributed by atoms with E-state index in [0.717, 1.165) is 12.8 Å². The summed E-state index contributed by atoms with van der Waals surface area (Å²) in [5, 5.41) is 0. The van der Waals surface area contributed by atoms with Gasteiger partial charge in [0.1, 0.15) is 5.78 Å². The zero-order valence-corrected chi connectivity index (χ0v) is 17.8. The van der Waals surface area contributed by atoms with Gasteiger partial charge in [-0.25, -0.2) is 0 Å². The van der Waals surface area contributed by atoms with Crippen LogP contribution in [0.1, 0.15) is 88.7 Å². The Kier molecular flexibility index (Phi) is 7.89. The largest absolute Gasteiger partial charge is 0.299 e. The van der Waals surface area contributed by atoms with Crippen LogP contribution in [-0.4, -0.2) is 5.78 Å². The van der Waals surface area contributed by atoms with E-state index in [1.807, 2.05) is 0 Å². The highest BCUT2D eigenvalue weighted by molar-refractivity contribution is 5.86. The lowest BCUT2D eigenvalue weighted by Crippen LogP contribution is -2.23. The highest BCUT2D eigenvalue weighted by atomic mass is 16.1. The molecule has 2 aromatic carbocycles. The molecular weight excluding hydrogens is 340 g/mol. The van der Waals surface area contributed by atoms with Crippen molar-refractivity contribution in [1.29, 1.82) is 0 Å². The molecule has 1 aliphatic carbocycles. The van der Waals surface area contributed by atoms with Crippen LogP contribution < -0.4 is 0 Å². The Labute approximate surface area is 171 Å². The Morgan fingerprint density at radius 3 is 2.04 bits per heavy atom. The average Bonchev–Trinajstić information content (AvgIpc) is 2.73. The standard InChI is InChI=1S/C27H36O/c1-3-5-7-9-21-10-13-23(14-11-21)24-15-17-25(18-16-24)26-19-12-22(8-6-4-2)20-27(26)28/h10-11,13-18,22,26H,3-9,12,19-20H2,1-2H3/t22-,26+/m1/s1. The first-order valence-corrected chi connectivity index (χ1v) is 11.4. The highest BCUT2D eigenvalue weighted by Crippen LogP contribution is 2.36. The molecule has 0 heterocycles. The van der Waals surface area contributed by atoms with Crippen molar-refractivity contribution in [1.82, 2.24) is 0 Å². The van der Waals surface area contributed by atoms with Crippen LogP contribution in [0.4, 0.5) is 0 Å². The summed E-state index contributed by atoms with van der Waals surface area (Å²) in [7, 11) is 0. The predicted octanol–water partition coefficient (Wildman–Crippen LogP) is 7.73. The average molecular weight is 377 g/mol. The van der Waals surface area contributed by atoms with Crippen molar-refractivity contribution in [2.24, 2.45) is 5.92 Å². The molecule has 150 valence electrons. The fourth-order valence-corrected chi connectivity index (χ4v) is 4.53. The van der Waals surface area contributed by atoms with E-state index in [9.17, 15) is 4.79 Å². The van der Waals surface area contributed by atoms with Crippen LogP contribution in [0.25, 0.3) is 11.1 Å². The molecule has 0 unspecified atom stereocenters. The number of carbonyl (C=O) groups is 1. The maximum absolute atomic E-state index is 12.7. The molecule has 0 spiro atoms. The van der Waals surface area contributed by atoms with Gasteiger partial charge in [-0.05, 0) is 53.9 Å². The number of rotatable bonds is 9. The van der Waals surface area contributed by atoms with Crippen molar-refractivity contribution >= 4 is 5.78 Å². The van der Waals surface area contributed by atoms with Crippen molar-refractivity contribution in [2.45, 2.75) is 84.0 Å². The first-order chi connectivity index (χ1) is 13.7. The van der Waals surface area contributed by atoms with Gasteiger partial charge in [-0.3, -0.25) is 4.79 Å². The molecule has 1 nitrogen and oxygen atoms in total. The molecule has 1 saturated carbocycles. The van der Waals surface area contributed by atoms with Crippen LogP contribution in [0.3, 0.4) is 0 Å². The van der Waals surface area contributed by atoms with Gasteiger partial charge in [0.25, 0.3) is 0 Å². The van der Waals surface area contributed by atoms with Gasteiger partial charge in [-0.1, -0.05) is 94.5 Å². The van der Waals surface area contributed by atoms with Crippen molar-refractivity contribution < 1.29 is 4.79 Å². The molecule has 0 N–H and O–H groups in total. The second kappa shape index (κ2) is 10.6. The van der Waals surface area contributed by atoms with Crippen LogP contribution in [0.15, 0.2) is 48.5 Å². The van der Waals surface area contributed by atoms with E-state index in [4.69, 9.17) is 0 Å². The Morgan fingerprint density at radius 2 is 1.43 bits per heavy atom. The van der Waals surface area contributed by atoms with Gasteiger partial charge in [-0.15, -0.1) is 0 Å². The molecular formula is C27H36O. The van der Waals surface area contributed by atoms with Crippen LogP contribution >= 0.6 is 0 Å². The van der Waals surface area contributed by atoms with Gasteiger partial charge in [0.05, 0.1) is 0 Å². The first kappa shape index (κ1) is 20.8. The van der Waals surface area contributed by atoms with Crippen molar-refractivity contribution in [3.63, 3.8) is 0 Å². The van der Waals surface area contributed by atoms with Gasteiger partial charge in [0.2, 0.25) is 0 Å². The number of Topliss-reactive ketones (excluding diaryl/α,β-unsaturated/α-hetero) is 1.